The summed E-state index contributed by atoms with van der Waals surface area (Å²) >= 11 is 1.45. The number of nitrogens with zero attached hydrogens (tertiary/aromatic N) is 5. The zero-order chi connectivity index (χ0) is 42.2. The molecule has 1 aliphatic carbocycles. The van der Waals surface area contributed by atoms with Crippen molar-refractivity contribution in [2.75, 3.05) is 29.3 Å². The van der Waals surface area contributed by atoms with E-state index in [2.05, 4.69) is 20.0 Å². The number of amides is 4. The molecule has 14 nitrogen and oxygen atoms in total. The number of nitrogens with one attached hydrogen (secondary N) is 2. The molecule has 0 unspecified atom stereocenters. The van der Waals surface area contributed by atoms with E-state index in [1.807, 2.05) is 23.1 Å². The number of carbonyl (C=O) groups excluding carboxylic acids is 4. The van der Waals surface area contributed by atoms with Gasteiger partial charge in [-0.1, -0.05) is 31.5 Å². The summed E-state index contributed by atoms with van der Waals surface area (Å²) in [5, 5.41) is 3.20. The van der Waals surface area contributed by atoms with Crippen molar-refractivity contribution in [3.05, 3.63) is 76.2 Å². The number of anilines is 2. The van der Waals surface area contributed by atoms with Gasteiger partial charge in [-0.3, -0.25) is 29.2 Å². The van der Waals surface area contributed by atoms with E-state index in [4.69, 9.17) is 10.7 Å². The first kappa shape index (κ1) is 41.4. The molecule has 3 fully saturated rings. The lowest BCUT2D eigenvalue weighted by Crippen LogP contribution is -2.59. The van der Waals surface area contributed by atoms with E-state index < -0.39 is 27.8 Å². The lowest BCUT2D eigenvalue weighted by atomic mass is 9.66. The van der Waals surface area contributed by atoms with E-state index in [-0.39, 0.29) is 58.4 Å². The zero-order valence-corrected chi connectivity index (χ0v) is 35.2. The minimum absolute atomic E-state index is 0.0788. The molecule has 5 heterocycles. The quantitative estimate of drug-likeness (QED) is 0.0972. The molecule has 0 radical (unpaired) electrons. The van der Waals surface area contributed by atoms with Crippen molar-refractivity contribution in [1.29, 1.82) is 0 Å². The molecular weight excluding hydrogens is 808 g/mol. The van der Waals surface area contributed by atoms with Crippen LogP contribution < -0.4 is 15.8 Å². The fraction of sp³-hybridized carbons (Fsp3) is 0.465. The molecule has 60 heavy (non-hydrogen) atoms. The minimum Gasteiger partial charge on any atom is -0.368 e. The monoisotopic (exact) mass is 856 g/mol. The fourth-order valence-corrected chi connectivity index (χ4v) is 11.4. The second-order valence-electron chi connectivity index (χ2n) is 16.6. The van der Waals surface area contributed by atoms with Crippen LogP contribution in [0.15, 0.2) is 48.7 Å². The number of hydrogen-bond acceptors (Lipinski definition) is 11. The highest BCUT2D eigenvalue weighted by Crippen LogP contribution is 2.51. The normalized spacial score (nSPS) is 19.0. The number of carbonyl (C=O) groups is 4. The smallest absolute Gasteiger partial charge is 0.255 e. The number of aromatic nitrogens is 3. The van der Waals surface area contributed by atoms with Crippen LogP contribution in [0.25, 0.3) is 21.8 Å². The number of imide groups is 1. The van der Waals surface area contributed by atoms with Crippen LogP contribution in [0.4, 0.5) is 16.0 Å². The summed E-state index contributed by atoms with van der Waals surface area (Å²) in [6, 6.07) is 11.6. The van der Waals surface area contributed by atoms with Crippen LogP contribution in [0.1, 0.15) is 110 Å². The average Bonchev–Trinajstić information content (AvgIpc) is 3.79. The first-order valence-corrected chi connectivity index (χ1v) is 23.2. The van der Waals surface area contributed by atoms with Crippen LogP contribution in [-0.2, 0) is 37.4 Å². The van der Waals surface area contributed by atoms with Gasteiger partial charge in [-0.2, -0.15) is 0 Å². The van der Waals surface area contributed by atoms with Crippen LogP contribution in [0.3, 0.4) is 0 Å². The molecule has 316 valence electrons. The molecule has 4 N–H and O–H groups in total. The van der Waals surface area contributed by atoms with Gasteiger partial charge in [-0.25, -0.2) is 27.8 Å². The highest BCUT2D eigenvalue weighted by molar-refractivity contribution is 7.92. The van der Waals surface area contributed by atoms with Crippen LogP contribution in [-0.4, -0.2) is 81.7 Å². The maximum Gasteiger partial charge on any atom is 0.255 e. The van der Waals surface area contributed by atoms with Crippen molar-refractivity contribution in [2.24, 2.45) is 5.41 Å². The number of hydrogen-bond donors (Lipinski definition) is 3. The molecule has 4 amide bonds. The van der Waals surface area contributed by atoms with Gasteiger partial charge in [0.15, 0.2) is 5.82 Å². The summed E-state index contributed by atoms with van der Waals surface area (Å²) in [7, 11) is -3.72. The van der Waals surface area contributed by atoms with Gasteiger partial charge in [0.2, 0.25) is 33.7 Å². The first-order valence-electron chi connectivity index (χ1n) is 20.8. The number of nitrogens with two attached hydrogens (primary N) is 1. The maximum absolute atomic E-state index is 16.0. The number of halogens is 1. The third-order valence-corrected chi connectivity index (χ3v) is 15.0. The lowest BCUT2D eigenvalue weighted by Gasteiger charge is -2.53. The number of rotatable bonds is 14. The number of unbranched alkanes of at least 4 members (excludes halogenated alkanes) is 2. The zero-order valence-electron chi connectivity index (χ0n) is 33.5. The predicted molar refractivity (Wildman–Crippen MR) is 226 cm³/mol. The number of piperidine rings is 1. The van der Waals surface area contributed by atoms with E-state index >= 15 is 4.39 Å². The molecule has 4 aromatic rings. The van der Waals surface area contributed by atoms with Gasteiger partial charge in [0.1, 0.15) is 6.04 Å². The van der Waals surface area contributed by atoms with Gasteiger partial charge in [-0.05, 0) is 93.2 Å². The van der Waals surface area contributed by atoms with E-state index in [0.29, 0.717) is 47.6 Å². The number of benzene rings is 2. The van der Waals surface area contributed by atoms with Crippen LogP contribution in [0.2, 0.25) is 0 Å². The van der Waals surface area contributed by atoms with Crippen molar-refractivity contribution in [2.45, 2.75) is 102 Å². The van der Waals surface area contributed by atoms with Gasteiger partial charge in [0.25, 0.3) is 5.91 Å². The number of likely N-dealkylation sites (tertiary alicyclic amines) is 1. The molecule has 2 saturated heterocycles. The molecule has 1 spiro atoms. The largest absolute Gasteiger partial charge is 0.368 e. The molecule has 3 aliphatic heterocycles. The van der Waals surface area contributed by atoms with E-state index in [9.17, 15) is 27.6 Å². The Bertz CT molecular complexity index is 2440. The van der Waals surface area contributed by atoms with E-state index in [1.165, 1.54) is 17.4 Å². The van der Waals surface area contributed by atoms with Gasteiger partial charge in [0, 0.05) is 61.1 Å². The third kappa shape index (κ3) is 8.64. The first-order chi connectivity index (χ1) is 28.8. The molecule has 1 saturated carbocycles. The number of aryl methyl sites for hydroxylation is 1. The Kier molecular flexibility index (Phi) is 11.7. The van der Waals surface area contributed by atoms with Crippen molar-refractivity contribution >= 4 is 56.6 Å². The fourth-order valence-electron chi connectivity index (χ4n) is 9.08. The highest BCUT2D eigenvalue weighted by atomic mass is 32.2. The Labute approximate surface area is 352 Å². The number of sulfonamides is 1. The van der Waals surface area contributed by atoms with Gasteiger partial charge in [-0.15, -0.1) is 11.3 Å². The summed E-state index contributed by atoms with van der Waals surface area (Å²) in [6.45, 7) is 3.61. The van der Waals surface area contributed by atoms with Crippen molar-refractivity contribution in [1.82, 2.24) is 30.1 Å². The highest BCUT2D eigenvalue weighted by Gasteiger charge is 2.47. The number of nitrogen functional groups attached to an aromatic ring is 1. The topological polar surface area (TPSA) is 198 Å². The summed E-state index contributed by atoms with van der Waals surface area (Å²) < 4.78 is 43.5. The molecule has 2 aromatic carbocycles. The second kappa shape index (κ2) is 17.0. The number of thiazole rings is 1. The molecule has 0 bridgehead atoms. The molecule has 1 atom stereocenters. The Hall–Kier alpha value is -5.29. The van der Waals surface area contributed by atoms with Gasteiger partial charge < -0.3 is 15.5 Å². The third-order valence-electron chi connectivity index (χ3n) is 12.3. The Balaban J connectivity index is 0.825. The Morgan fingerprint density at radius 3 is 2.58 bits per heavy atom. The molecule has 17 heteroatoms. The SMILES string of the molecule is CCCS(=O)(=O)Nc1cccc(-c2nc(C3CCC4(CC3)CN(C(=O)CCCCCc3ccc5c(c3)C(=O)N([C@@H]3CCC(=O)NC3=O)C5)C4)sc2-c2ccnc(N)n2)c1F. The summed E-state index contributed by atoms with van der Waals surface area (Å²) in [4.78, 5) is 67.9. The van der Waals surface area contributed by atoms with Crippen LogP contribution in [0.5, 0.6) is 0 Å². The summed E-state index contributed by atoms with van der Waals surface area (Å²) in [5.41, 5.74) is 9.51. The standard InChI is InChI=1S/C43H49FN8O6S2/c1-2-21-60(57,58)50-31-9-6-8-29(36(31)44)37-38(32-17-20-46-42(45)47-32)59-40(49-37)27-15-18-43(19-16-27)24-51(25-43)35(54)10-5-3-4-7-26-11-12-28-23-52(41(56)30(28)22-26)33-13-14-34(53)48-39(33)55/h6,8-9,11-12,17,20,22,27,33,50H,2-5,7,10,13-16,18-19,21,23-25H2,1H3,(H2,45,46,47)(H,48,53,55)/t33-/m1/s1. The predicted octanol–water partition coefficient (Wildman–Crippen LogP) is 6.19. The minimum atomic E-state index is -3.72. The van der Waals surface area contributed by atoms with Gasteiger partial charge >= 0.3 is 0 Å². The number of fused-ring (bicyclic) bond motifs is 1. The molecular formula is C43H49FN8O6S2. The molecule has 8 rings (SSSR count). The average molecular weight is 857 g/mol. The van der Waals surface area contributed by atoms with Crippen molar-refractivity contribution in [3.63, 3.8) is 0 Å². The summed E-state index contributed by atoms with van der Waals surface area (Å²) in [6.07, 6.45) is 10.0. The van der Waals surface area contributed by atoms with Crippen molar-refractivity contribution in [3.8, 4) is 21.8 Å². The van der Waals surface area contributed by atoms with Gasteiger partial charge in [0.05, 0.1) is 32.7 Å². The van der Waals surface area contributed by atoms with E-state index in [1.54, 1.807) is 36.2 Å². The Morgan fingerprint density at radius 2 is 1.83 bits per heavy atom. The maximum atomic E-state index is 16.0. The molecule has 4 aliphatic rings. The lowest BCUT2D eigenvalue weighted by molar-refractivity contribution is -0.146. The molecule has 2 aromatic heterocycles. The summed E-state index contributed by atoms with van der Waals surface area (Å²) in [5.74, 6) is -1.33. The van der Waals surface area contributed by atoms with Crippen molar-refractivity contribution < 1.29 is 32.0 Å². The van der Waals surface area contributed by atoms with E-state index in [0.717, 1.165) is 80.6 Å². The van der Waals surface area contributed by atoms with Crippen LogP contribution >= 0.6 is 11.3 Å². The van der Waals surface area contributed by atoms with Crippen LogP contribution in [0, 0.1) is 11.2 Å². The Morgan fingerprint density at radius 1 is 1.03 bits per heavy atom. The second-order valence-corrected chi connectivity index (χ2v) is 19.5.